The van der Waals surface area contributed by atoms with Crippen molar-refractivity contribution in [3.63, 3.8) is 0 Å². The van der Waals surface area contributed by atoms with Gasteiger partial charge >= 0.3 is 30.3 Å². The molecule has 33 heavy (non-hydrogen) atoms. The lowest BCUT2D eigenvalue weighted by Gasteiger charge is -2.37. The van der Waals surface area contributed by atoms with Crippen molar-refractivity contribution < 1.29 is 57.4 Å². The normalized spacial score (nSPS) is 15.0. The van der Waals surface area contributed by atoms with E-state index in [4.69, 9.17) is 5.26 Å². The van der Waals surface area contributed by atoms with E-state index in [-0.39, 0.29) is 5.56 Å². The molecule has 0 amide bonds. The van der Waals surface area contributed by atoms with Crippen molar-refractivity contribution in [3.8, 4) is 22.9 Å². The van der Waals surface area contributed by atoms with Crippen molar-refractivity contribution in [1.82, 2.24) is 0 Å². The number of rotatable bonds is 4. The van der Waals surface area contributed by atoms with Gasteiger partial charge in [-0.15, -0.1) is 13.2 Å². The van der Waals surface area contributed by atoms with Gasteiger partial charge in [0.2, 0.25) is 0 Å². The molecular formula is C18H5BrF12NO. The maximum atomic E-state index is 15.2. The first-order valence-corrected chi connectivity index (χ1v) is 8.78. The SMILES string of the molecule is N#Cc1ccc(-c2c(Br)[c]c(OC(F)(F)F)cc2C(F)(C(F)(F)F)C(F)(F)C(F)(F)F)cc1. The lowest BCUT2D eigenvalue weighted by Crippen LogP contribution is -2.60. The summed E-state index contributed by atoms with van der Waals surface area (Å²) in [4.78, 5) is 0. The average molecular weight is 559 g/mol. The molecule has 0 aliphatic carbocycles. The first-order chi connectivity index (χ1) is 14.8. The summed E-state index contributed by atoms with van der Waals surface area (Å²) in [5.41, 5.74) is -11.2. The van der Waals surface area contributed by atoms with E-state index >= 15 is 4.39 Å². The summed E-state index contributed by atoms with van der Waals surface area (Å²) in [6.45, 7) is 0. The van der Waals surface area contributed by atoms with Gasteiger partial charge in [-0.3, -0.25) is 0 Å². The summed E-state index contributed by atoms with van der Waals surface area (Å²) < 4.78 is 162. The molecule has 0 N–H and O–H groups in total. The standard InChI is InChI=1S/C18H5BrF12NO/c19-12-6-10(33-18(29,30)31)5-11(13(12)9-3-1-8(7-32)2-4-9)14(20,16(23,24)25)15(21,22)17(26,27)28/h1-5H. The minimum Gasteiger partial charge on any atom is -0.405 e. The average Bonchev–Trinajstić information content (AvgIpc) is 2.63. The Kier molecular flexibility index (Phi) is 6.69. The second-order valence-electron chi connectivity index (χ2n) is 6.20. The van der Waals surface area contributed by atoms with E-state index < -0.39 is 63.3 Å². The second-order valence-corrected chi connectivity index (χ2v) is 6.99. The highest BCUT2D eigenvalue weighted by atomic mass is 79.9. The first-order valence-electron chi connectivity index (χ1n) is 7.99. The third-order valence-electron chi connectivity index (χ3n) is 4.08. The lowest BCUT2D eigenvalue weighted by molar-refractivity contribution is -0.389. The van der Waals surface area contributed by atoms with Gasteiger partial charge in [0, 0.05) is 21.7 Å². The predicted octanol–water partition coefficient (Wildman–Crippen LogP) is 7.61. The fourth-order valence-electron chi connectivity index (χ4n) is 2.67. The van der Waals surface area contributed by atoms with E-state index in [1.54, 1.807) is 12.1 Å². The van der Waals surface area contributed by atoms with Crippen LogP contribution in [-0.2, 0) is 5.67 Å². The molecule has 179 valence electrons. The number of alkyl halides is 12. The largest absolute Gasteiger partial charge is 0.573 e. The fraction of sp³-hybridized carbons (Fsp3) is 0.278. The molecular weight excluding hydrogens is 554 g/mol. The first kappa shape index (κ1) is 26.6. The van der Waals surface area contributed by atoms with E-state index in [2.05, 4.69) is 20.7 Å². The van der Waals surface area contributed by atoms with Gasteiger partial charge in [0.1, 0.15) is 5.75 Å². The second kappa shape index (κ2) is 8.30. The van der Waals surface area contributed by atoms with Crippen LogP contribution >= 0.6 is 15.9 Å². The molecule has 1 atom stereocenters. The minimum absolute atomic E-state index is 0.139. The van der Waals surface area contributed by atoms with Gasteiger partial charge < -0.3 is 4.74 Å². The molecule has 0 aliphatic heterocycles. The summed E-state index contributed by atoms with van der Waals surface area (Å²) in [6.07, 6.45) is -19.7. The number of ether oxygens (including phenoxy) is 1. The highest BCUT2D eigenvalue weighted by Gasteiger charge is 2.82. The van der Waals surface area contributed by atoms with Crippen LogP contribution in [-0.4, -0.2) is 24.6 Å². The van der Waals surface area contributed by atoms with Crippen molar-refractivity contribution in [2.24, 2.45) is 0 Å². The molecule has 2 rings (SSSR count). The van der Waals surface area contributed by atoms with E-state index in [0.717, 1.165) is 24.3 Å². The topological polar surface area (TPSA) is 33.0 Å². The Morgan fingerprint density at radius 2 is 1.33 bits per heavy atom. The van der Waals surface area contributed by atoms with Crippen molar-refractivity contribution in [3.05, 3.63) is 52.0 Å². The maximum absolute atomic E-state index is 15.2. The van der Waals surface area contributed by atoms with Crippen LogP contribution in [0, 0.1) is 17.4 Å². The zero-order valence-electron chi connectivity index (χ0n) is 15.2. The number of nitriles is 1. The third kappa shape index (κ3) is 4.85. The van der Waals surface area contributed by atoms with Gasteiger partial charge in [-0.25, -0.2) is 4.39 Å². The molecule has 0 saturated carbocycles. The highest BCUT2D eigenvalue weighted by molar-refractivity contribution is 9.10. The number of benzene rings is 2. The third-order valence-corrected chi connectivity index (χ3v) is 4.67. The molecule has 2 aromatic carbocycles. The highest BCUT2D eigenvalue weighted by Crippen LogP contribution is 2.60. The van der Waals surface area contributed by atoms with Crippen molar-refractivity contribution >= 4 is 15.9 Å². The molecule has 0 saturated heterocycles. The van der Waals surface area contributed by atoms with Crippen LogP contribution in [0.5, 0.6) is 5.75 Å². The Bertz CT molecular complexity index is 1070. The van der Waals surface area contributed by atoms with Crippen LogP contribution in [0.2, 0.25) is 0 Å². The van der Waals surface area contributed by atoms with Gasteiger partial charge in [0.05, 0.1) is 11.6 Å². The molecule has 0 spiro atoms. The molecule has 0 aromatic heterocycles. The maximum Gasteiger partial charge on any atom is 0.573 e. The summed E-state index contributed by atoms with van der Waals surface area (Å²) >= 11 is 2.43. The molecule has 0 fully saturated rings. The van der Waals surface area contributed by atoms with Crippen molar-refractivity contribution in [1.29, 1.82) is 5.26 Å². The van der Waals surface area contributed by atoms with Crippen LogP contribution in [0.4, 0.5) is 52.7 Å². The van der Waals surface area contributed by atoms with E-state index in [9.17, 15) is 48.3 Å². The Balaban J connectivity index is 3.03. The van der Waals surface area contributed by atoms with Crippen molar-refractivity contribution in [2.45, 2.75) is 30.3 Å². The quantitative estimate of drug-likeness (QED) is 0.362. The summed E-state index contributed by atoms with van der Waals surface area (Å²) in [5.74, 6) is -8.98. The van der Waals surface area contributed by atoms with Gasteiger partial charge in [-0.1, -0.05) is 12.1 Å². The molecule has 0 heterocycles. The Morgan fingerprint density at radius 1 is 0.818 bits per heavy atom. The zero-order valence-corrected chi connectivity index (χ0v) is 16.7. The number of nitrogens with zero attached hydrogens (tertiary/aromatic N) is 1. The molecule has 2 aromatic rings. The van der Waals surface area contributed by atoms with Gasteiger partial charge in [0.15, 0.2) is 0 Å². The van der Waals surface area contributed by atoms with Gasteiger partial charge in [-0.05, 0) is 39.7 Å². The van der Waals surface area contributed by atoms with Gasteiger partial charge in [0.25, 0.3) is 0 Å². The molecule has 0 bridgehead atoms. The zero-order chi connectivity index (χ0) is 25.6. The molecule has 2 nitrogen and oxygen atoms in total. The lowest BCUT2D eigenvalue weighted by atomic mass is 9.82. The van der Waals surface area contributed by atoms with Crippen LogP contribution < -0.4 is 4.74 Å². The van der Waals surface area contributed by atoms with E-state index in [0.29, 0.717) is 0 Å². The Morgan fingerprint density at radius 3 is 1.73 bits per heavy atom. The number of halogens is 13. The fourth-order valence-corrected chi connectivity index (χ4v) is 3.31. The molecule has 1 unspecified atom stereocenters. The monoisotopic (exact) mass is 558 g/mol. The van der Waals surface area contributed by atoms with Crippen molar-refractivity contribution in [2.75, 3.05) is 0 Å². The number of hydrogen-bond acceptors (Lipinski definition) is 2. The minimum atomic E-state index is -7.16. The van der Waals surface area contributed by atoms with Crippen LogP contribution in [0.15, 0.2) is 34.8 Å². The number of hydrogen-bond donors (Lipinski definition) is 0. The summed E-state index contributed by atoms with van der Waals surface area (Å²) in [7, 11) is 0. The summed E-state index contributed by atoms with van der Waals surface area (Å²) in [5, 5.41) is 8.76. The molecule has 1 radical (unpaired) electrons. The Hall–Kier alpha value is -2.63. The van der Waals surface area contributed by atoms with E-state index in [1.165, 1.54) is 0 Å². The predicted molar refractivity (Wildman–Crippen MR) is 89.7 cm³/mol. The van der Waals surface area contributed by atoms with Gasteiger partial charge in [-0.2, -0.15) is 40.4 Å². The molecule has 0 aliphatic rings. The van der Waals surface area contributed by atoms with E-state index in [1.807, 2.05) is 0 Å². The summed E-state index contributed by atoms with van der Waals surface area (Å²) in [6, 6.07) is 5.93. The Labute approximate surface area is 184 Å². The van der Waals surface area contributed by atoms with Crippen LogP contribution in [0.1, 0.15) is 11.1 Å². The van der Waals surface area contributed by atoms with Crippen LogP contribution in [0.25, 0.3) is 11.1 Å². The smallest absolute Gasteiger partial charge is 0.405 e. The molecule has 15 heteroatoms. The van der Waals surface area contributed by atoms with Crippen LogP contribution in [0.3, 0.4) is 0 Å².